The predicted octanol–water partition coefficient (Wildman–Crippen LogP) is 7.15. The van der Waals surface area contributed by atoms with Crippen LogP contribution in [0.5, 0.6) is 0 Å². The highest BCUT2D eigenvalue weighted by Gasteiger charge is 2.20. The van der Waals surface area contributed by atoms with E-state index >= 15 is 0 Å². The highest BCUT2D eigenvalue weighted by atomic mass is 79.9. The van der Waals surface area contributed by atoms with Crippen molar-refractivity contribution in [1.29, 1.82) is 0 Å². The summed E-state index contributed by atoms with van der Waals surface area (Å²) in [6, 6.07) is 31.5. The van der Waals surface area contributed by atoms with E-state index in [1.807, 2.05) is 54.6 Å². The van der Waals surface area contributed by atoms with Crippen LogP contribution in [0.15, 0.2) is 119 Å². The minimum atomic E-state index is -3.91. The Bertz CT molecular complexity index is 1900. The van der Waals surface area contributed by atoms with Gasteiger partial charge in [-0.25, -0.2) is 18.4 Å². The fourth-order valence-corrected chi connectivity index (χ4v) is 5.74. The van der Waals surface area contributed by atoms with Gasteiger partial charge in [0.1, 0.15) is 5.52 Å². The van der Waals surface area contributed by atoms with Crippen LogP contribution < -0.4 is 10.0 Å². The van der Waals surface area contributed by atoms with Crippen LogP contribution in [0.2, 0.25) is 0 Å². The summed E-state index contributed by atoms with van der Waals surface area (Å²) in [5.74, 6) is 0.332. The van der Waals surface area contributed by atoms with Crippen LogP contribution in [0.25, 0.3) is 33.1 Å². The van der Waals surface area contributed by atoms with Gasteiger partial charge in [-0.15, -0.1) is 0 Å². The molecule has 2 aromatic heterocycles. The maximum absolute atomic E-state index is 13.2. The number of rotatable bonds is 6. The molecule has 0 amide bonds. The van der Waals surface area contributed by atoms with Gasteiger partial charge in [0.05, 0.1) is 21.6 Å². The third-order valence-electron chi connectivity index (χ3n) is 6.04. The second-order valence-corrected chi connectivity index (χ2v) is 11.0. The van der Waals surface area contributed by atoms with Crippen molar-refractivity contribution >= 4 is 65.2 Å². The first kappa shape index (κ1) is 24.0. The highest BCUT2D eigenvalue weighted by molar-refractivity contribution is 9.10. The van der Waals surface area contributed by atoms with Crippen LogP contribution in [0.1, 0.15) is 0 Å². The number of halogens is 1. The van der Waals surface area contributed by atoms with Crippen molar-refractivity contribution in [2.24, 2.45) is 0 Å². The number of aromatic nitrogens is 3. The van der Waals surface area contributed by atoms with E-state index in [2.05, 4.69) is 48.1 Å². The first-order valence-electron chi connectivity index (χ1n) is 11.7. The Morgan fingerprint density at radius 1 is 0.684 bits per heavy atom. The van der Waals surface area contributed by atoms with Gasteiger partial charge in [-0.05, 0) is 63.5 Å². The lowest BCUT2D eigenvalue weighted by molar-refractivity contribution is 0.601. The van der Waals surface area contributed by atoms with Crippen molar-refractivity contribution in [3.8, 4) is 11.1 Å². The Kier molecular flexibility index (Phi) is 6.22. The molecule has 4 aromatic carbocycles. The number of nitrogens with one attached hydrogen (secondary N) is 2. The third kappa shape index (κ3) is 4.57. The zero-order valence-corrected chi connectivity index (χ0v) is 22.2. The van der Waals surface area contributed by atoms with Gasteiger partial charge in [-0.1, -0.05) is 66.7 Å². The minimum Gasteiger partial charge on any atom is -0.335 e. The molecule has 0 saturated heterocycles. The molecule has 0 aliphatic carbocycles. The molecule has 7 nitrogen and oxygen atoms in total. The van der Waals surface area contributed by atoms with Crippen molar-refractivity contribution < 1.29 is 8.42 Å². The smallest absolute Gasteiger partial charge is 0.263 e. The molecule has 9 heteroatoms. The van der Waals surface area contributed by atoms with Crippen LogP contribution >= 0.6 is 15.9 Å². The van der Waals surface area contributed by atoms with Gasteiger partial charge >= 0.3 is 0 Å². The molecule has 0 unspecified atom stereocenters. The van der Waals surface area contributed by atoms with Gasteiger partial charge in [0, 0.05) is 16.1 Å². The lowest BCUT2D eigenvalue weighted by Crippen LogP contribution is -2.16. The molecule has 6 aromatic rings. The average molecular weight is 582 g/mol. The number of hydrogen-bond acceptors (Lipinski definition) is 6. The summed E-state index contributed by atoms with van der Waals surface area (Å²) in [5.41, 5.74) is 4.63. The first-order valence-corrected chi connectivity index (χ1v) is 14.0. The number of benzene rings is 4. The van der Waals surface area contributed by atoms with E-state index in [-0.39, 0.29) is 16.5 Å². The summed E-state index contributed by atoms with van der Waals surface area (Å²) in [7, 11) is -3.91. The number of anilines is 3. The van der Waals surface area contributed by atoms with Gasteiger partial charge in [0.15, 0.2) is 11.6 Å². The van der Waals surface area contributed by atoms with Crippen LogP contribution in [-0.2, 0) is 10.0 Å². The van der Waals surface area contributed by atoms with Gasteiger partial charge in [0.2, 0.25) is 0 Å². The number of para-hydroxylation sites is 2. The monoisotopic (exact) mass is 581 g/mol. The predicted molar refractivity (Wildman–Crippen MR) is 155 cm³/mol. The lowest BCUT2D eigenvalue weighted by Gasteiger charge is -2.16. The fraction of sp³-hybridized carbons (Fsp3) is 0. The van der Waals surface area contributed by atoms with Crippen molar-refractivity contribution in [3.63, 3.8) is 0 Å². The average Bonchev–Trinajstić information content (AvgIpc) is 2.94. The van der Waals surface area contributed by atoms with E-state index in [1.165, 1.54) is 12.1 Å². The third-order valence-corrected chi connectivity index (χ3v) is 8.03. The van der Waals surface area contributed by atoms with Gasteiger partial charge in [-0.3, -0.25) is 9.71 Å². The summed E-state index contributed by atoms with van der Waals surface area (Å²) >= 11 is 3.53. The number of hydrogen-bond donors (Lipinski definition) is 2. The normalized spacial score (nSPS) is 11.5. The molecule has 38 heavy (non-hydrogen) atoms. The Morgan fingerprint density at radius 3 is 2.21 bits per heavy atom. The topological polar surface area (TPSA) is 96.9 Å². The molecule has 0 aliphatic heterocycles. The standard InChI is InChI=1S/C29H20BrN5O2S/c30-23-14-8-16-25-27(23)34-28(29(33-25)35-38(36,37)20-11-5-2-6-12-20)32-24-15-7-13-22-21(17-18-31-26(22)24)19-9-3-1-4-10-19/h1-18H,(H,32,34)(H,33,35). The Morgan fingerprint density at radius 2 is 1.42 bits per heavy atom. The Hall–Kier alpha value is -4.34. The molecule has 6 rings (SSSR count). The molecule has 0 spiro atoms. The Balaban J connectivity index is 1.49. The maximum Gasteiger partial charge on any atom is 0.263 e. The van der Waals surface area contributed by atoms with Crippen LogP contribution in [0, 0.1) is 0 Å². The number of nitrogens with zero attached hydrogens (tertiary/aromatic N) is 3. The molecule has 0 bridgehead atoms. The SMILES string of the molecule is O=S(=O)(Nc1nc2cccc(Br)c2nc1Nc1cccc2c(-c3ccccc3)ccnc12)c1ccccc1. The van der Waals surface area contributed by atoms with E-state index in [9.17, 15) is 8.42 Å². The number of fused-ring (bicyclic) bond motifs is 2. The molecular weight excluding hydrogens is 562 g/mol. The van der Waals surface area contributed by atoms with E-state index in [1.54, 1.807) is 30.5 Å². The molecule has 2 N–H and O–H groups in total. The minimum absolute atomic E-state index is 0.0793. The van der Waals surface area contributed by atoms with Gasteiger partial charge in [0.25, 0.3) is 10.0 Å². The summed E-state index contributed by atoms with van der Waals surface area (Å²) in [5, 5.41) is 4.25. The molecule has 0 fully saturated rings. The van der Waals surface area contributed by atoms with Crippen molar-refractivity contribution in [3.05, 3.63) is 114 Å². The highest BCUT2D eigenvalue weighted by Crippen LogP contribution is 2.34. The van der Waals surface area contributed by atoms with Crippen LogP contribution in [-0.4, -0.2) is 23.4 Å². The van der Waals surface area contributed by atoms with Crippen LogP contribution in [0.4, 0.5) is 17.3 Å². The van der Waals surface area contributed by atoms with Gasteiger partial charge in [-0.2, -0.15) is 0 Å². The molecule has 0 radical (unpaired) electrons. The molecule has 186 valence electrons. The van der Waals surface area contributed by atoms with E-state index < -0.39 is 10.0 Å². The van der Waals surface area contributed by atoms with Crippen LogP contribution in [0.3, 0.4) is 0 Å². The molecule has 0 saturated carbocycles. The fourth-order valence-electron chi connectivity index (χ4n) is 4.26. The van der Waals surface area contributed by atoms with E-state index in [0.717, 1.165) is 26.5 Å². The molecular formula is C29H20BrN5O2S. The summed E-state index contributed by atoms with van der Waals surface area (Å²) < 4.78 is 29.8. The second-order valence-electron chi connectivity index (χ2n) is 8.50. The molecule has 2 heterocycles. The summed E-state index contributed by atoms with van der Waals surface area (Å²) in [6.45, 7) is 0. The van der Waals surface area contributed by atoms with Crippen molar-refractivity contribution in [1.82, 2.24) is 15.0 Å². The quantitative estimate of drug-likeness (QED) is 0.217. The number of sulfonamides is 1. The summed E-state index contributed by atoms with van der Waals surface area (Å²) in [4.78, 5) is 14.1. The first-order chi connectivity index (χ1) is 18.5. The Labute approximate surface area is 227 Å². The molecule has 0 aliphatic rings. The van der Waals surface area contributed by atoms with E-state index in [0.29, 0.717) is 16.7 Å². The summed E-state index contributed by atoms with van der Waals surface area (Å²) in [6.07, 6.45) is 1.76. The van der Waals surface area contributed by atoms with Crippen molar-refractivity contribution in [2.45, 2.75) is 4.90 Å². The van der Waals surface area contributed by atoms with E-state index in [4.69, 9.17) is 4.98 Å². The second kappa shape index (κ2) is 9.85. The zero-order chi connectivity index (χ0) is 26.1. The lowest BCUT2D eigenvalue weighted by atomic mass is 10.0. The largest absolute Gasteiger partial charge is 0.335 e. The van der Waals surface area contributed by atoms with Gasteiger partial charge < -0.3 is 5.32 Å². The zero-order valence-electron chi connectivity index (χ0n) is 19.8. The van der Waals surface area contributed by atoms with Crippen molar-refractivity contribution in [2.75, 3.05) is 10.0 Å². The maximum atomic E-state index is 13.2. The number of pyridine rings is 1. The molecule has 0 atom stereocenters.